The molecule has 2 aromatic rings. The third-order valence-corrected chi connectivity index (χ3v) is 6.63. The molecule has 1 aromatic heterocycles. The maximum Gasteiger partial charge on any atom is 0.351 e. The van der Waals surface area contributed by atoms with Crippen molar-refractivity contribution in [3.05, 3.63) is 37.7 Å². The number of methoxy groups -OCH3 is 1. The molecule has 2 N–H and O–H groups in total. The number of thiazole rings is 1. The quantitative estimate of drug-likeness (QED) is 0.408. The topological polar surface area (TPSA) is 118 Å². The SMILES string of the molecule is CCOC(=O)/C(C#N)=c1\s/c(=C/Nc2ccc(OC)c(NC(=S)N3CCOCC3)c2)c(=O)n1CC. The van der Waals surface area contributed by atoms with E-state index < -0.39 is 5.97 Å². The molecule has 0 radical (unpaired) electrons. The van der Waals surface area contributed by atoms with Gasteiger partial charge in [-0.3, -0.25) is 9.36 Å². The molecule has 1 aliphatic heterocycles. The zero-order valence-corrected chi connectivity index (χ0v) is 21.4. The van der Waals surface area contributed by atoms with Gasteiger partial charge >= 0.3 is 5.97 Å². The summed E-state index contributed by atoms with van der Waals surface area (Å²) in [6.07, 6.45) is 1.55. The van der Waals surface area contributed by atoms with Crippen LogP contribution in [0.3, 0.4) is 0 Å². The smallest absolute Gasteiger partial charge is 0.351 e. The summed E-state index contributed by atoms with van der Waals surface area (Å²) < 4.78 is 17.8. The van der Waals surface area contributed by atoms with Crippen LogP contribution in [0.2, 0.25) is 0 Å². The number of aromatic nitrogens is 1. The number of nitrogens with zero attached hydrogens (tertiary/aromatic N) is 3. The number of hydrogen-bond acceptors (Lipinski definition) is 9. The Morgan fingerprint density at radius 1 is 1.34 bits per heavy atom. The molecule has 2 heterocycles. The summed E-state index contributed by atoms with van der Waals surface area (Å²) >= 11 is 6.59. The minimum atomic E-state index is -0.750. The number of esters is 1. The van der Waals surface area contributed by atoms with Crippen molar-refractivity contribution in [1.82, 2.24) is 9.47 Å². The van der Waals surface area contributed by atoms with E-state index in [1.54, 1.807) is 39.3 Å². The molecule has 0 unspecified atom stereocenters. The largest absolute Gasteiger partial charge is 0.495 e. The molecule has 0 spiro atoms. The van der Waals surface area contributed by atoms with Gasteiger partial charge in [-0.2, -0.15) is 5.26 Å². The highest BCUT2D eigenvalue weighted by Crippen LogP contribution is 2.28. The van der Waals surface area contributed by atoms with Crippen LogP contribution in [0.25, 0.3) is 11.8 Å². The van der Waals surface area contributed by atoms with Crippen LogP contribution in [0.15, 0.2) is 23.0 Å². The van der Waals surface area contributed by atoms with Crippen molar-refractivity contribution < 1.29 is 19.0 Å². The summed E-state index contributed by atoms with van der Waals surface area (Å²) in [6, 6.07) is 7.28. The maximum atomic E-state index is 12.9. The Labute approximate surface area is 212 Å². The molecular weight excluding hydrogens is 490 g/mol. The number of carbonyl (C=O) groups is 1. The fourth-order valence-electron chi connectivity index (χ4n) is 3.38. The van der Waals surface area contributed by atoms with Crippen molar-refractivity contribution >= 4 is 57.8 Å². The van der Waals surface area contributed by atoms with Gasteiger partial charge in [0.2, 0.25) is 0 Å². The van der Waals surface area contributed by atoms with Crippen LogP contribution in [0.5, 0.6) is 5.75 Å². The van der Waals surface area contributed by atoms with E-state index in [-0.39, 0.29) is 22.4 Å². The van der Waals surface area contributed by atoms with Crippen LogP contribution in [0.4, 0.5) is 11.4 Å². The molecule has 1 aromatic carbocycles. The normalized spacial score (nSPS) is 14.7. The number of ether oxygens (including phenoxy) is 3. The van der Waals surface area contributed by atoms with Crippen LogP contribution in [-0.4, -0.2) is 60.6 Å². The van der Waals surface area contributed by atoms with E-state index in [2.05, 4.69) is 10.6 Å². The maximum absolute atomic E-state index is 12.9. The molecule has 12 heteroatoms. The highest BCUT2D eigenvalue weighted by atomic mass is 32.1. The fraction of sp³-hybridized carbons (Fsp3) is 0.391. The molecule has 186 valence electrons. The van der Waals surface area contributed by atoms with Gasteiger partial charge in [-0.05, 0) is 44.3 Å². The van der Waals surface area contributed by atoms with Crippen molar-refractivity contribution in [3.8, 4) is 11.8 Å². The number of nitrogens with one attached hydrogen (secondary N) is 2. The lowest BCUT2D eigenvalue weighted by atomic mass is 10.2. The van der Waals surface area contributed by atoms with Gasteiger partial charge in [-0.1, -0.05) is 0 Å². The second-order valence-electron chi connectivity index (χ2n) is 7.26. The predicted molar refractivity (Wildman–Crippen MR) is 139 cm³/mol. The number of nitriles is 1. The van der Waals surface area contributed by atoms with Gasteiger partial charge in [0.25, 0.3) is 5.56 Å². The molecule has 1 saturated heterocycles. The van der Waals surface area contributed by atoms with Crippen LogP contribution in [0, 0.1) is 11.3 Å². The first kappa shape index (κ1) is 26.2. The summed E-state index contributed by atoms with van der Waals surface area (Å²) in [5.74, 6) is -0.138. The van der Waals surface area contributed by atoms with Crippen LogP contribution in [-0.2, 0) is 20.8 Å². The van der Waals surface area contributed by atoms with Crippen molar-refractivity contribution in [1.29, 1.82) is 5.26 Å². The Kier molecular flexibility index (Phi) is 9.25. The van der Waals surface area contributed by atoms with Crippen LogP contribution < -0.4 is 30.1 Å². The summed E-state index contributed by atoms with van der Waals surface area (Å²) in [5.41, 5.74) is 0.855. The Balaban J connectivity index is 1.92. The molecule has 0 atom stereocenters. The third kappa shape index (κ3) is 6.19. The summed E-state index contributed by atoms with van der Waals surface area (Å²) in [6.45, 7) is 6.52. The zero-order chi connectivity index (χ0) is 25.4. The van der Waals surface area contributed by atoms with Crippen LogP contribution >= 0.6 is 23.6 Å². The van der Waals surface area contributed by atoms with E-state index in [0.717, 1.165) is 11.3 Å². The molecule has 3 rings (SSSR count). The van der Waals surface area contributed by atoms with E-state index in [9.17, 15) is 14.9 Å². The molecular formula is C23H27N5O5S2. The summed E-state index contributed by atoms with van der Waals surface area (Å²) in [7, 11) is 1.57. The number of rotatable bonds is 7. The van der Waals surface area contributed by atoms with Crippen LogP contribution in [0.1, 0.15) is 13.8 Å². The van der Waals surface area contributed by atoms with E-state index in [0.29, 0.717) is 59.6 Å². The van der Waals surface area contributed by atoms with Gasteiger partial charge in [-0.15, -0.1) is 11.3 Å². The highest BCUT2D eigenvalue weighted by molar-refractivity contribution is 7.80. The van der Waals surface area contributed by atoms with E-state index in [1.165, 1.54) is 4.57 Å². The van der Waals surface area contributed by atoms with Gasteiger partial charge in [-0.25, -0.2) is 4.79 Å². The standard InChI is InChI=1S/C23H27N5O5S2/c1-4-28-20(29)19(35-21(28)16(13-24)22(30)33-5-2)14-25-15-6-7-18(31-3)17(12-15)26-23(34)27-8-10-32-11-9-27/h6-7,12,14,25H,4-5,8-11H2,1-3H3,(H,26,34)/b19-14+,21-16-. The predicted octanol–water partition coefficient (Wildman–Crippen LogP) is 1.05. The third-order valence-electron chi connectivity index (χ3n) is 5.14. The lowest BCUT2D eigenvalue weighted by Crippen LogP contribution is -2.42. The number of thiocarbonyl (C=S) groups is 1. The molecule has 0 saturated carbocycles. The first-order valence-corrected chi connectivity index (χ1v) is 12.3. The average Bonchev–Trinajstić information content (AvgIpc) is 3.18. The van der Waals surface area contributed by atoms with Gasteiger partial charge in [0.1, 0.15) is 21.0 Å². The molecule has 10 nitrogen and oxygen atoms in total. The minimum Gasteiger partial charge on any atom is -0.495 e. The van der Waals surface area contributed by atoms with Gasteiger partial charge in [0.15, 0.2) is 10.7 Å². The van der Waals surface area contributed by atoms with Gasteiger partial charge < -0.3 is 29.7 Å². The number of carbonyl (C=O) groups excluding carboxylic acids is 1. The molecule has 1 aliphatic rings. The molecule has 0 bridgehead atoms. The lowest BCUT2D eigenvalue weighted by molar-refractivity contribution is -0.136. The molecule has 0 aliphatic carbocycles. The second-order valence-corrected chi connectivity index (χ2v) is 8.68. The van der Waals surface area contributed by atoms with Crippen molar-refractivity contribution in [3.63, 3.8) is 0 Å². The lowest BCUT2D eigenvalue weighted by Gasteiger charge is -2.29. The van der Waals surface area contributed by atoms with Crippen molar-refractivity contribution in [2.24, 2.45) is 0 Å². The number of anilines is 2. The van der Waals surface area contributed by atoms with Gasteiger partial charge in [0.05, 0.1) is 32.6 Å². The van der Waals surface area contributed by atoms with Crippen molar-refractivity contribution in [2.45, 2.75) is 20.4 Å². The minimum absolute atomic E-state index is 0.134. The zero-order valence-electron chi connectivity index (χ0n) is 19.8. The summed E-state index contributed by atoms with van der Waals surface area (Å²) in [5, 5.41) is 16.4. The van der Waals surface area contributed by atoms with E-state index in [1.807, 2.05) is 17.0 Å². The van der Waals surface area contributed by atoms with Gasteiger partial charge in [0, 0.05) is 31.5 Å². The van der Waals surface area contributed by atoms with E-state index >= 15 is 0 Å². The highest BCUT2D eigenvalue weighted by Gasteiger charge is 2.17. The molecule has 1 fully saturated rings. The Hall–Kier alpha value is -3.40. The Morgan fingerprint density at radius 2 is 2.09 bits per heavy atom. The Morgan fingerprint density at radius 3 is 2.71 bits per heavy atom. The average molecular weight is 518 g/mol. The van der Waals surface area contributed by atoms with E-state index in [4.69, 9.17) is 26.4 Å². The monoisotopic (exact) mass is 517 g/mol. The van der Waals surface area contributed by atoms with Crippen molar-refractivity contribution in [2.75, 3.05) is 50.7 Å². The molecule has 35 heavy (non-hydrogen) atoms. The summed E-state index contributed by atoms with van der Waals surface area (Å²) in [4.78, 5) is 27.1. The second kappa shape index (κ2) is 12.3. The number of hydrogen-bond donors (Lipinski definition) is 2. The number of morpholine rings is 1. The molecule has 0 amide bonds. The first-order chi connectivity index (χ1) is 16.9. The fourth-order valence-corrected chi connectivity index (χ4v) is 4.75. The number of benzene rings is 1. The Bertz CT molecular complexity index is 1310. The first-order valence-electron chi connectivity index (χ1n) is 11.0.